The van der Waals surface area contributed by atoms with Crippen molar-refractivity contribution in [1.29, 1.82) is 0 Å². The van der Waals surface area contributed by atoms with E-state index in [0.29, 0.717) is 18.9 Å². The summed E-state index contributed by atoms with van der Waals surface area (Å²) in [5.74, 6) is 1.48. The minimum Gasteiger partial charge on any atom is -0.297 e. The molecule has 1 aliphatic heterocycles. The zero-order valence-corrected chi connectivity index (χ0v) is 10.6. The van der Waals surface area contributed by atoms with E-state index in [2.05, 4.69) is 20.6 Å². The average Bonchev–Trinajstić information content (AvgIpc) is 3.07. The number of anilines is 1. The summed E-state index contributed by atoms with van der Waals surface area (Å²) < 4.78 is 3.73. The number of carbonyl (C=O) groups is 1. The van der Waals surface area contributed by atoms with E-state index in [1.54, 1.807) is 10.9 Å². The molecule has 0 aromatic carbocycles. The molecular weight excluding hydrogens is 244 g/mol. The van der Waals surface area contributed by atoms with Crippen LogP contribution >= 0.6 is 0 Å². The van der Waals surface area contributed by atoms with Crippen molar-refractivity contribution in [3.8, 4) is 0 Å². The second kappa shape index (κ2) is 5.21. The summed E-state index contributed by atoms with van der Waals surface area (Å²) in [7, 11) is 0. The Kier molecular flexibility index (Phi) is 3.26. The molecule has 3 heterocycles. The highest BCUT2D eigenvalue weighted by Crippen LogP contribution is 2.17. The average molecular weight is 260 g/mol. The first-order valence-corrected chi connectivity index (χ1v) is 6.52. The first-order valence-electron chi connectivity index (χ1n) is 6.52. The third-order valence-corrected chi connectivity index (χ3v) is 3.24. The Morgan fingerprint density at radius 3 is 3.16 bits per heavy atom. The maximum absolute atomic E-state index is 11.9. The van der Waals surface area contributed by atoms with Gasteiger partial charge in [-0.2, -0.15) is 5.10 Å². The van der Waals surface area contributed by atoms with Crippen molar-refractivity contribution in [1.82, 2.24) is 24.5 Å². The molecule has 100 valence electrons. The van der Waals surface area contributed by atoms with Crippen LogP contribution in [0, 0.1) is 0 Å². The topological polar surface area (TPSA) is 77.6 Å². The lowest BCUT2D eigenvalue weighted by atomic mass is 10.2. The molecular formula is C12H16N6O. The van der Waals surface area contributed by atoms with Gasteiger partial charge in [0.15, 0.2) is 0 Å². The van der Waals surface area contributed by atoms with Crippen molar-refractivity contribution in [2.45, 2.75) is 38.8 Å². The Labute approximate surface area is 110 Å². The number of nitrogens with one attached hydrogen (secondary N) is 1. The van der Waals surface area contributed by atoms with E-state index in [9.17, 15) is 4.79 Å². The molecule has 7 nitrogen and oxygen atoms in total. The monoisotopic (exact) mass is 260 g/mol. The summed E-state index contributed by atoms with van der Waals surface area (Å²) >= 11 is 0. The predicted molar refractivity (Wildman–Crippen MR) is 68.4 cm³/mol. The first-order chi connectivity index (χ1) is 9.33. The highest BCUT2D eigenvalue weighted by Gasteiger charge is 2.17. The molecule has 0 fully saturated rings. The highest BCUT2D eigenvalue weighted by molar-refractivity contribution is 5.88. The number of aryl methyl sites for hydroxylation is 2. The molecule has 0 bridgehead atoms. The zero-order chi connectivity index (χ0) is 13.1. The molecule has 2 aromatic rings. The lowest BCUT2D eigenvalue weighted by Crippen LogP contribution is -2.19. The molecule has 0 atom stereocenters. The predicted octanol–water partition coefficient (Wildman–Crippen LogP) is 0.840. The van der Waals surface area contributed by atoms with E-state index in [0.717, 1.165) is 31.6 Å². The van der Waals surface area contributed by atoms with Gasteiger partial charge in [-0.3, -0.25) is 19.4 Å². The van der Waals surface area contributed by atoms with Crippen LogP contribution in [-0.2, 0) is 24.3 Å². The number of hydrogen-bond acceptors (Lipinski definition) is 4. The zero-order valence-electron chi connectivity index (χ0n) is 10.6. The molecule has 2 aromatic heterocycles. The first kappa shape index (κ1) is 11.9. The second-order valence-corrected chi connectivity index (χ2v) is 4.62. The quantitative estimate of drug-likeness (QED) is 0.883. The third kappa shape index (κ3) is 2.64. The molecule has 0 unspecified atom stereocenters. The number of carbonyl (C=O) groups excluding carboxylic acids is 1. The smallest absolute Gasteiger partial charge is 0.231 e. The fourth-order valence-corrected chi connectivity index (χ4v) is 2.24. The number of hydrogen-bond donors (Lipinski definition) is 1. The summed E-state index contributed by atoms with van der Waals surface area (Å²) in [6, 6.07) is 1.84. The molecule has 1 aliphatic rings. The Bertz CT molecular complexity index is 559. The Hall–Kier alpha value is -2.18. The molecule has 1 N–H and O–H groups in total. The fourth-order valence-electron chi connectivity index (χ4n) is 2.24. The van der Waals surface area contributed by atoms with Gasteiger partial charge in [-0.05, 0) is 18.9 Å². The summed E-state index contributed by atoms with van der Waals surface area (Å²) in [6.07, 6.45) is 7.12. The minimum atomic E-state index is -0.0590. The number of fused-ring (bicyclic) bond motifs is 1. The highest BCUT2D eigenvalue weighted by atomic mass is 16.1. The normalized spacial score (nSPS) is 14.1. The maximum Gasteiger partial charge on any atom is 0.231 e. The number of amides is 1. The van der Waals surface area contributed by atoms with E-state index >= 15 is 0 Å². The van der Waals surface area contributed by atoms with E-state index in [1.165, 1.54) is 0 Å². The van der Waals surface area contributed by atoms with Gasteiger partial charge < -0.3 is 0 Å². The van der Waals surface area contributed by atoms with Crippen molar-refractivity contribution in [3.05, 3.63) is 24.3 Å². The van der Waals surface area contributed by atoms with Gasteiger partial charge in [0.25, 0.3) is 0 Å². The summed E-state index contributed by atoms with van der Waals surface area (Å²) in [5.41, 5.74) is 0. The Balaban J connectivity index is 1.58. The van der Waals surface area contributed by atoms with Crippen molar-refractivity contribution in [2.24, 2.45) is 0 Å². The van der Waals surface area contributed by atoms with Crippen molar-refractivity contribution < 1.29 is 4.79 Å². The molecule has 0 radical (unpaired) electrons. The summed E-state index contributed by atoms with van der Waals surface area (Å²) in [5, 5.41) is 15.0. The van der Waals surface area contributed by atoms with Gasteiger partial charge in [-0.1, -0.05) is 0 Å². The standard InChI is InChI=1S/C12H16N6O/c19-11(5-9-17-7-3-6-13-17)14-12-16-15-10-4-1-2-8-18(10)12/h3,6-7H,1-2,4-5,8-9H2,(H,14,16,19). The minimum absolute atomic E-state index is 0.0590. The maximum atomic E-state index is 11.9. The summed E-state index contributed by atoms with van der Waals surface area (Å²) in [6.45, 7) is 1.46. The van der Waals surface area contributed by atoms with Gasteiger partial charge in [0.1, 0.15) is 5.82 Å². The second-order valence-electron chi connectivity index (χ2n) is 4.62. The fraction of sp³-hybridized carbons (Fsp3) is 0.500. The van der Waals surface area contributed by atoms with Gasteiger partial charge in [0.05, 0.1) is 0 Å². The van der Waals surface area contributed by atoms with Gasteiger partial charge in [0, 0.05) is 38.3 Å². The Morgan fingerprint density at radius 1 is 1.37 bits per heavy atom. The molecule has 0 saturated carbocycles. The lowest BCUT2D eigenvalue weighted by Gasteiger charge is -2.14. The molecule has 0 aliphatic carbocycles. The van der Waals surface area contributed by atoms with E-state index in [4.69, 9.17) is 0 Å². The molecule has 1 amide bonds. The molecule has 0 spiro atoms. The van der Waals surface area contributed by atoms with Gasteiger partial charge in [-0.25, -0.2) is 0 Å². The van der Waals surface area contributed by atoms with Crippen LogP contribution in [0.2, 0.25) is 0 Å². The van der Waals surface area contributed by atoms with Crippen LogP contribution in [0.5, 0.6) is 0 Å². The van der Waals surface area contributed by atoms with Crippen molar-refractivity contribution in [3.63, 3.8) is 0 Å². The van der Waals surface area contributed by atoms with E-state index < -0.39 is 0 Å². The van der Waals surface area contributed by atoms with E-state index in [1.807, 2.05) is 16.8 Å². The van der Waals surface area contributed by atoms with Gasteiger partial charge in [-0.15, -0.1) is 10.2 Å². The molecule has 19 heavy (non-hydrogen) atoms. The Morgan fingerprint density at radius 2 is 2.32 bits per heavy atom. The van der Waals surface area contributed by atoms with Gasteiger partial charge >= 0.3 is 0 Å². The van der Waals surface area contributed by atoms with Crippen LogP contribution in [-0.4, -0.2) is 30.5 Å². The van der Waals surface area contributed by atoms with Gasteiger partial charge in [0.2, 0.25) is 11.9 Å². The molecule has 0 saturated heterocycles. The lowest BCUT2D eigenvalue weighted by molar-refractivity contribution is -0.116. The van der Waals surface area contributed by atoms with Crippen LogP contribution in [0.4, 0.5) is 5.95 Å². The summed E-state index contributed by atoms with van der Waals surface area (Å²) in [4.78, 5) is 11.9. The van der Waals surface area contributed by atoms with Crippen molar-refractivity contribution in [2.75, 3.05) is 5.32 Å². The number of rotatable bonds is 4. The largest absolute Gasteiger partial charge is 0.297 e. The van der Waals surface area contributed by atoms with Crippen LogP contribution in [0.15, 0.2) is 18.5 Å². The van der Waals surface area contributed by atoms with Crippen molar-refractivity contribution >= 4 is 11.9 Å². The van der Waals surface area contributed by atoms with Crippen LogP contribution in [0.3, 0.4) is 0 Å². The van der Waals surface area contributed by atoms with Crippen LogP contribution in [0.25, 0.3) is 0 Å². The number of aromatic nitrogens is 5. The SMILES string of the molecule is O=C(CCn1cccn1)Nc1nnc2n1CCCC2. The van der Waals surface area contributed by atoms with Crippen LogP contribution in [0.1, 0.15) is 25.1 Å². The van der Waals surface area contributed by atoms with E-state index in [-0.39, 0.29) is 5.91 Å². The molecule has 3 rings (SSSR count). The number of nitrogens with zero attached hydrogens (tertiary/aromatic N) is 5. The van der Waals surface area contributed by atoms with Crippen LogP contribution < -0.4 is 5.32 Å². The molecule has 7 heteroatoms. The third-order valence-electron chi connectivity index (χ3n) is 3.24.